The molecule has 1 amide bonds. The fraction of sp³-hybridized carbons (Fsp3) is 0.478. The molecule has 0 saturated carbocycles. The van der Waals surface area contributed by atoms with Crippen LogP contribution in [0.1, 0.15) is 63.8 Å². The van der Waals surface area contributed by atoms with E-state index in [9.17, 15) is 9.59 Å². The highest BCUT2D eigenvalue weighted by atomic mass is 32.1. The van der Waals surface area contributed by atoms with Gasteiger partial charge in [-0.05, 0) is 69.8 Å². The summed E-state index contributed by atoms with van der Waals surface area (Å²) in [6.45, 7) is 10.4. The van der Waals surface area contributed by atoms with Crippen molar-refractivity contribution in [2.24, 2.45) is 0 Å². The highest BCUT2D eigenvalue weighted by Crippen LogP contribution is 2.35. The Morgan fingerprint density at radius 2 is 1.93 bits per heavy atom. The van der Waals surface area contributed by atoms with Crippen molar-refractivity contribution in [2.75, 3.05) is 20.1 Å². The van der Waals surface area contributed by atoms with Crippen molar-refractivity contribution in [3.05, 3.63) is 60.2 Å². The Hall–Kier alpha value is -2.18. The molecular formula is C23H31N3O2S. The van der Waals surface area contributed by atoms with Gasteiger partial charge in [-0.15, -0.1) is 11.3 Å². The number of carbonyl (C=O) groups is 1. The zero-order valence-electron chi connectivity index (χ0n) is 18.1. The Kier molecular flexibility index (Phi) is 6.75. The van der Waals surface area contributed by atoms with E-state index in [4.69, 9.17) is 0 Å². The van der Waals surface area contributed by atoms with Crippen LogP contribution in [0, 0.1) is 20.8 Å². The van der Waals surface area contributed by atoms with Gasteiger partial charge in [0.2, 0.25) is 0 Å². The lowest BCUT2D eigenvalue weighted by Crippen LogP contribution is -2.28. The molecule has 1 saturated heterocycles. The molecule has 2 aromatic heterocycles. The van der Waals surface area contributed by atoms with Crippen LogP contribution >= 0.6 is 11.3 Å². The average Bonchev–Trinajstić information content (AvgIpc) is 3.04. The highest BCUT2D eigenvalue weighted by Gasteiger charge is 2.20. The molecule has 0 aliphatic carbocycles. The zero-order chi connectivity index (χ0) is 21.1. The van der Waals surface area contributed by atoms with Crippen molar-refractivity contribution in [2.45, 2.75) is 53.5 Å². The molecule has 1 aliphatic heterocycles. The van der Waals surface area contributed by atoms with Crippen LogP contribution in [0.15, 0.2) is 21.8 Å². The molecule has 2 N–H and O–H groups in total. The number of rotatable bonds is 5. The van der Waals surface area contributed by atoms with E-state index in [1.54, 1.807) is 11.3 Å². The van der Waals surface area contributed by atoms with E-state index in [1.165, 1.54) is 16.0 Å². The van der Waals surface area contributed by atoms with Crippen molar-refractivity contribution >= 4 is 22.8 Å². The molecule has 1 aliphatic rings. The normalized spacial score (nSPS) is 14.9. The minimum atomic E-state index is -0.134. The molecule has 156 valence electrons. The molecule has 0 bridgehead atoms. The lowest BCUT2D eigenvalue weighted by atomic mass is 9.93. The van der Waals surface area contributed by atoms with Crippen LogP contribution in [0.3, 0.4) is 0 Å². The molecule has 6 heteroatoms. The summed E-state index contributed by atoms with van der Waals surface area (Å²) in [6, 6.07) is 1.93. The quantitative estimate of drug-likeness (QED) is 0.773. The lowest BCUT2D eigenvalue weighted by molar-refractivity contribution is 0.0950. The number of thiophene rings is 1. The first-order valence-corrected chi connectivity index (χ1v) is 11.1. The molecule has 0 spiro atoms. The molecule has 29 heavy (non-hydrogen) atoms. The van der Waals surface area contributed by atoms with Gasteiger partial charge in [-0.2, -0.15) is 0 Å². The van der Waals surface area contributed by atoms with Crippen molar-refractivity contribution in [1.29, 1.82) is 0 Å². The van der Waals surface area contributed by atoms with Crippen LogP contribution < -0.4 is 10.9 Å². The fourth-order valence-electron chi connectivity index (χ4n) is 4.06. The maximum atomic E-state index is 12.8. The smallest absolute Gasteiger partial charge is 0.253 e. The van der Waals surface area contributed by atoms with Crippen LogP contribution in [0.5, 0.6) is 0 Å². The van der Waals surface area contributed by atoms with Gasteiger partial charge in [-0.25, -0.2) is 0 Å². The SMILES string of the molecule is CCC(=C1CCN(C)CC1)c1scc(C(=O)NCc2c(C)cc(C)[nH]c2=O)c1C. The van der Waals surface area contributed by atoms with Crippen LogP contribution in [0.2, 0.25) is 0 Å². The van der Waals surface area contributed by atoms with Crippen LogP contribution in [0.4, 0.5) is 0 Å². The molecule has 5 nitrogen and oxygen atoms in total. The summed E-state index contributed by atoms with van der Waals surface area (Å²) < 4.78 is 0. The summed E-state index contributed by atoms with van der Waals surface area (Å²) in [7, 11) is 2.17. The molecule has 0 radical (unpaired) electrons. The van der Waals surface area contributed by atoms with Gasteiger partial charge in [0.05, 0.1) is 5.56 Å². The van der Waals surface area contributed by atoms with Crippen LogP contribution in [0.25, 0.3) is 5.57 Å². The summed E-state index contributed by atoms with van der Waals surface area (Å²) in [6.07, 6.45) is 3.20. The lowest BCUT2D eigenvalue weighted by Gasteiger charge is -2.26. The molecule has 1 fully saturated rings. The summed E-state index contributed by atoms with van der Waals surface area (Å²) in [5, 5.41) is 4.89. The number of allylic oxidation sites excluding steroid dienone is 1. The number of amides is 1. The molecule has 3 heterocycles. The monoisotopic (exact) mass is 413 g/mol. The van der Waals surface area contributed by atoms with Gasteiger partial charge in [0.1, 0.15) is 0 Å². The number of aromatic amines is 1. The highest BCUT2D eigenvalue weighted by molar-refractivity contribution is 7.11. The standard InChI is InChI=1S/C23H31N3O2S/c1-6-18(17-7-9-26(5)10-8-17)21-16(4)20(13-29-21)22(27)24-12-19-14(2)11-15(3)25-23(19)28/h11,13H,6-10,12H2,1-5H3,(H,24,27)(H,25,28). The summed E-state index contributed by atoms with van der Waals surface area (Å²) >= 11 is 1.66. The third-order valence-electron chi connectivity index (χ3n) is 5.85. The number of aryl methyl sites for hydroxylation is 2. The topological polar surface area (TPSA) is 65.2 Å². The predicted molar refractivity (Wildman–Crippen MR) is 121 cm³/mol. The van der Waals surface area contributed by atoms with Gasteiger partial charge in [0.25, 0.3) is 11.5 Å². The maximum absolute atomic E-state index is 12.8. The number of carbonyl (C=O) groups excluding carboxylic acids is 1. The molecule has 0 unspecified atom stereocenters. The van der Waals surface area contributed by atoms with Gasteiger partial charge >= 0.3 is 0 Å². The van der Waals surface area contributed by atoms with Gasteiger partial charge in [-0.3, -0.25) is 9.59 Å². The number of pyridine rings is 1. The number of nitrogens with one attached hydrogen (secondary N) is 2. The third-order valence-corrected chi connectivity index (χ3v) is 6.99. The molecule has 0 aromatic carbocycles. The summed E-state index contributed by atoms with van der Waals surface area (Å²) in [5.74, 6) is -0.117. The maximum Gasteiger partial charge on any atom is 0.253 e. The summed E-state index contributed by atoms with van der Waals surface area (Å²) in [4.78, 5) is 31.4. The molecule has 2 aromatic rings. The van der Waals surface area contributed by atoms with Crippen LogP contribution in [-0.2, 0) is 6.54 Å². The number of hydrogen-bond acceptors (Lipinski definition) is 4. The number of aromatic nitrogens is 1. The van der Waals surface area contributed by atoms with E-state index in [-0.39, 0.29) is 18.0 Å². The summed E-state index contributed by atoms with van der Waals surface area (Å²) in [5.41, 5.74) is 6.90. The third kappa shape index (κ3) is 4.70. The molecule has 0 atom stereocenters. The number of piperidine rings is 1. The molecular weight excluding hydrogens is 382 g/mol. The Bertz CT molecular complexity index is 990. The zero-order valence-corrected chi connectivity index (χ0v) is 18.9. The second-order valence-corrected chi connectivity index (χ2v) is 8.85. The average molecular weight is 414 g/mol. The minimum absolute atomic E-state index is 0.117. The second kappa shape index (κ2) is 9.09. The first kappa shape index (κ1) is 21.5. The van der Waals surface area contributed by atoms with E-state index < -0.39 is 0 Å². The van der Waals surface area contributed by atoms with Crippen molar-refractivity contribution in [3.63, 3.8) is 0 Å². The Morgan fingerprint density at radius 1 is 1.24 bits per heavy atom. The first-order valence-electron chi connectivity index (χ1n) is 10.3. The van der Waals surface area contributed by atoms with E-state index >= 15 is 0 Å². The predicted octanol–water partition coefficient (Wildman–Crippen LogP) is 4.18. The Balaban J connectivity index is 1.79. The van der Waals surface area contributed by atoms with E-state index in [0.717, 1.165) is 49.2 Å². The minimum Gasteiger partial charge on any atom is -0.348 e. The van der Waals surface area contributed by atoms with Crippen LogP contribution in [-0.4, -0.2) is 35.9 Å². The van der Waals surface area contributed by atoms with E-state index in [0.29, 0.717) is 11.1 Å². The van der Waals surface area contributed by atoms with Gasteiger partial charge in [-0.1, -0.05) is 12.5 Å². The largest absolute Gasteiger partial charge is 0.348 e. The number of nitrogens with zero attached hydrogens (tertiary/aromatic N) is 1. The van der Waals surface area contributed by atoms with E-state index in [2.05, 4.69) is 29.2 Å². The molecule has 3 rings (SSSR count). The fourth-order valence-corrected chi connectivity index (χ4v) is 5.30. The van der Waals surface area contributed by atoms with Crippen molar-refractivity contribution < 1.29 is 4.79 Å². The number of likely N-dealkylation sites (tertiary alicyclic amines) is 1. The van der Waals surface area contributed by atoms with Crippen molar-refractivity contribution in [1.82, 2.24) is 15.2 Å². The first-order chi connectivity index (χ1) is 13.8. The number of H-pyrrole nitrogens is 1. The second-order valence-electron chi connectivity index (χ2n) is 7.97. The van der Waals surface area contributed by atoms with Gasteiger partial charge in [0.15, 0.2) is 0 Å². The van der Waals surface area contributed by atoms with Crippen molar-refractivity contribution in [3.8, 4) is 0 Å². The number of hydrogen-bond donors (Lipinski definition) is 2. The Labute approximate surface area is 176 Å². The Morgan fingerprint density at radius 3 is 2.55 bits per heavy atom. The van der Waals surface area contributed by atoms with Gasteiger partial charge < -0.3 is 15.2 Å². The van der Waals surface area contributed by atoms with Gasteiger partial charge in [0, 0.05) is 41.1 Å². The van der Waals surface area contributed by atoms with E-state index in [1.807, 2.05) is 32.2 Å².